The highest BCUT2D eigenvalue weighted by Crippen LogP contribution is 2.36. The summed E-state index contributed by atoms with van der Waals surface area (Å²) in [7, 11) is 0. The molecule has 13 heavy (non-hydrogen) atoms. The first-order valence-electron chi connectivity index (χ1n) is 4.56. The average molecular weight is 178 g/mol. The van der Waals surface area contributed by atoms with Crippen LogP contribution in [0.2, 0.25) is 0 Å². The highest BCUT2D eigenvalue weighted by molar-refractivity contribution is 5.41. The van der Waals surface area contributed by atoms with Crippen molar-refractivity contribution in [1.82, 2.24) is 0 Å². The normalized spacial score (nSPS) is 26.4. The second-order valence-corrected chi connectivity index (χ2v) is 3.87. The molecule has 0 bridgehead atoms. The van der Waals surface area contributed by atoms with Crippen molar-refractivity contribution in [3.05, 3.63) is 29.3 Å². The summed E-state index contributed by atoms with van der Waals surface area (Å²) in [5.41, 5.74) is 1.35. The van der Waals surface area contributed by atoms with Gasteiger partial charge in [0, 0.05) is 12.0 Å². The maximum Gasteiger partial charge on any atom is 0.125 e. The molecule has 0 saturated carbocycles. The van der Waals surface area contributed by atoms with Crippen LogP contribution < -0.4 is 4.74 Å². The van der Waals surface area contributed by atoms with Crippen LogP contribution in [0, 0.1) is 6.92 Å². The molecule has 0 saturated heterocycles. The fraction of sp³-hybridized carbons (Fsp3) is 0.455. The first kappa shape index (κ1) is 8.57. The van der Waals surface area contributed by atoms with Gasteiger partial charge in [-0.25, -0.2) is 0 Å². The third-order valence-corrected chi connectivity index (χ3v) is 2.56. The Labute approximate surface area is 78.2 Å². The number of hydrogen-bond acceptors (Lipinski definition) is 2. The minimum Gasteiger partial charge on any atom is -0.493 e. The van der Waals surface area contributed by atoms with Crippen LogP contribution >= 0.6 is 0 Å². The summed E-state index contributed by atoms with van der Waals surface area (Å²) in [5, 5.41) is 10.0. The van der Waals surface area contributed by atoms with Crippen molar-refractivity contribution in [2.75, 3.05) is 6.61 Å². The Kier molecular flexibility index (Phi) is 1.81. The van der Waals surface area contributed by atoms with E-state index in [2.05, 4.69) is 0 Å². The van der Waals surface area contributed by atoms with Crippen LogP contribution in [0.15, 0.2) is 18.2 Å². The first-order chi connectivity index (χ1) is 6.09. The van der Waals surface area contributed by atoms with Crippen LogP contribution in [0.25, 0.3) is 0 Å². The lowest BCUT2D eigenvalue weighted by Crippen LogP contribution is -2.29. The largest absolute Gasteiger partial charge is 0.493 e. The lowest BCUT2D eigenvalue weighted by Gasteiger charge is -2.31. The van der Waals surface area contributed by atoms with E-state index >= 15 is 0 Å². The Bertz CT molecular complexity index is 329. The van der Waals surface area contributed by atoms with Gasteiger partial charge in [-0.05, 0) is 25.5 Å². The van der Waals surface area contributed by atoms with E-state index in [1.165, 1.54) is 0 Å². The van der Waals surface area contributed by atoms with Gasteiger partial charge in [-0.2, -0.15) is 0 Å². The van der Waals surface area contributed by atoms with Gasteiger partial charge in [0.05, 0.1) is 12.2 Å². The van der Waals surface area contributed by atoms with Crippen LogP contribution in [0.5, 0.6) is 5.75 Å². The second kappa shape index (κ2) is 2.74. The van der Waals surface area contributed by atoms with Gasteiger partial charge < -0.3 is 9.84 Å². The summed E-state index contributed by atoms with van der Waals surface area (Å²) in [6.45, 7) is 4.46. The molecule has 1 aliphatic rings. The fourth-order valence-electron chi connectivity index (χ4n) is 1.69. The monoisotopic (exact) mass is 178 g/mol. The predicted octanol–water partition coefficient (Wildman–Crippen LogP) is 1.99. The quantitative estimate of drug-likeness (QED) is 0.658. The Morgan fingerprint density at radius 3 is 3.00 bits per heavy atom. The summed E-state index contributed by atoms with van der Waals surface area (Å²) in [6.07, 6.45) is 0.670. The van der Waals surface area contributed by atoms with Crippen molar-refractivity contribution in [2.45, 2.75) is 25.9 Å². The summed E-state index contributed by atoms with van der Waals surface area (Å²) in [5.74, 6) is 0.830. The molecule has 1 aromatic rings. The summed E-state index contributed by atoms with van der Waals surface area (Å²) in [6, 6.07) is 5.93. The van der Waals surface area contributed by atoms with Gasteiger partial charge in [0.15, 0.2) is 0 Å². The molecule has 2 heteroatoms. The van der Waals surface area contributed by atoms with E-state index in [-0.39, 0.29) is 0 Å². The molecule has 2 rings (SSSR count). The van der Waals surface area contributed by atoms with Gasteiger partial charge in [-0.1, -0.05) is 12.1 Å². The van der Waals surface area contributed by atoms with Crippen molar-refractivity contribution in [3.8, 4) is 5.75 Å². The number of ether oxygens (including phenoxy) is 1. The first-order valence-corrected chi connectivity index (χ1v) is 4.56. The zero-order valence-electron chi connectivity index (χ0n) is 8.00. The maximum atomic E-state index is 10.0. The molecular formula is C11H14O2. The Morgan fingerprint density at radius 1 is 1.46 bits per heavy atom. The average Bonchev–Trinajstić information content (AvgIpc) is 2.02. The molecule has 1 aromatic carbocycles. The molecule has 0 fully saturated rings. The molecule has 2 nitrogen and oxygen atoms in total. The molecule has 0 aromatic heterocycles. The number of hydrogen-bond donors (Lipinski definition) is 1. The minimum absolute atomic E-state index is 0.601. The van der Waals surface area contributed by atoms with Gasteiger partial charge in [-0.15, -0.1) is 0 Å². The van der Waals surface area contributed by atoms with Crippen molar-refractivity contribution in [3.63, 3.8) is 0 Å². The zero-order valence-corrected chi connectivity index (χ0v) is 8.00. The van der Waals surface area contributed by atoms with E-state index in [9.17, 15) is 5.11 Å². The molecule has 0 amide bonds. The van der Waals surface area contributed by atoms with Gasteiger partial charge in [-0.3, -0.25) is 0 Å². The van der Waals surface area contributed by atoms with Gasteiger partial charge >= 0.3 is 0 Å². The summed E-state index contributed by atoms with van der Waals surface area (Å²) in [4.78, 5) is 0. The standard InChI is InChI=1S/C11H14O2/c1-8-3-4-9-10(7-8)13-6-5-11(9,2)12/h3-4,7,12H,5-6H2,1-2H3. The number of aryl methyl sites for hydroxylation is 1. The predicted molar refractivity (Wildman–Crippen MR) is 50.9 cm³/mol. The third-order valence-electron chi connectivity index (χ3n) is 2.56. The lowest BCUT2D eigenvalue weighted by atomic mass is 9.89. The van der Waals surface area contributed by atoms with Crippen molar-refractivity contribution < 1.29 is 9.84 Å². The molecule has 1 aliphatic heterocycles. The molecule has 1 heterocycles. The third kappa shape index (κ3) is 1.42. The van der Waals surface area contributed by atoms with E-state index in [4.69, 9.17) is 4.74 Å². The van der Waals surface area contributed by atoms with Gasteiger partial charge in [0.2, 0.25) is 0 Å². The topological polar surface area (TPSA) is 29.5 Å². The number of benzene rings is 1. The minimum atomic E-state index is -0.721. The highest BCUT2D eigenvalue weighted by Gasteiger charge is 2.30. The number of aliphatic hydroxyl groups is 1. The van der Waals surface area contributed by atoms with Crippen LogP contribution in [0.4, 0.5) is 0 Å². The molecule has 70 valence electrons. The molecule has 0 radical (unpaired) electrons. The zero-order chi connectivity index (χ0) is 9.47. The SMILES string of the molecule is Cc1ccc2c(c1)OCCC2(C)O. The van der Waals surface area contributed by atoms with Gasteiger partial charge in [0.25, 0.3) is 0 Å². The molecule has 0 aliphatic carbocycles. The maximum absolute atomic E-state index is 10.0. The Morgan fingerprint density at radius 2 is 2.23 bits per heavy atom. The van der Waals surface area contributed by atoms with Crippen LogP contribution in [0.3, 0.4) is 0 Å². The second-order valence-electron chi connectivity index (χ2n) is 3.87. The number of fused-ring (bicyclic) bond motifs is 1. The molecule has 1 unspecified atom stereocenters. The van der Waals surface area contributed by atoms with E-state index in [1.807, 2.05) is 32.0 Å². The number of rotatable bonds is 0. The van der Waals surface area contributed by atoms with Crippen LogP contribution in [-0.4, -0.2) is 11.7 Å². The Balaban J connectivity index is 2.53. The smallest absolute Gasteiger partial charge is 0.125 e. The van der Waals surface area contributed by atoms with E-state index in [1.54, 1.807) is 0 Å². The van der Waals surface area contributed by atoms with Crippen molar-refractivity contribution >= 4 is 0 Å². The summed E-state index contributed by atoms with van der Waals surface area (Å²) >= 11 is 0. The molecule has 1 N–H and O–H groups in total. The van der Waals surface area contributed by atoms with Crippen molar-refractivity contribution in [2.24, 2.45) is 0 Å². The molecular weight excluding hydrogens is 164 g/mol. The van der Waals surface area contributed by atoms with Crippen molar-refractivity contribution in [1.29, 1.82) is 0 Å². The fourth-order valence-corrected chi connectivity index (χ4v) is 1.69. The highest BCUT2D eigenvalue weighted by atomic mass is 16.5. The molecule has 1 atom stereocenters. The van der Waals surface area contributed by atoms with E-state index < -0.39 is 5.60 Å². The Hall–Kier alpha value is -1.02. The lowest BCUT2D eigenvalue weighted by molar-refractivity contribution is 0.0147. The van der Waals surface area contributed by atoms with E-state index in [0.29, 0.717) is 13.0 Å². The van der Waals surface area contributed by atoms with E-state index in [0.717, 1.165) is 16.9 Å². The summed E-state index contributed by atoms with van der Waals surface area (Å²) < 4.78 is 5.48. The van der Waals surface area contributed by atoms with Crippen LogP contribution in [0.1, 0.15) is 24.5 Å². The van der Waals surface area contributed by atoms with Gasteiger partial charge in [0.1, 0.15) is 5.75 Å². The van der Waals surface area contributed by atoms with Crippen LogP contribution in [-0.2, 0) is 5.60 Å². The molecule has 0 spiro atoms.